The molecular weight excluding hydrogens is 299 g/mol. The van der Waals surface area contributed by atoms with Gasteiger partial charge in [-0.3, -0.25) is 4.90 Å². The molecule has 1 aromatic rings. The van der Waals surface area contributed by atoms with E-state index in [1.54, 1.807) is 0 Å². The second kappa shape index (κ2) is 6.10. The summed E-state index contributed by atoms with van der Waals surface area (Å²) < 4.78 is 20.2. The maximum Gasteiger partial charge on any atom is 0.129 e. The Kier molecular flexibility index (Phi) is 4.72. The number of ether oxygens (including phenoxy) is 1. The molecule has 100 valence electrons. The highest BCUT2D eigenvalue weighted by Crippen LogP contribution is 2.26. The van der Waals surface area contributed by atoms with E-state index in [1.807, 2.05) is 19.1 Å². The Morgan fingerprint density at radius 1 is 1.61 bits per heavy atom. The van der Waals surface area contributed by atoms with Crippen molar-refractivity contribution in [2.24, 2.45) is 5.73 Å². The van der Waals surface area contributed by atoms with Gasteiger partial charge in [0.25, 0.3) is 0 Å². The number of nitrogens with zero attached hydrogens (tertiary/aromatic N) is 1. The van der Waals surface area contributed by atoms with E-state index in [4.69, 9.17) is 10.5 Å². The minimum absolute atomic E-state index is 0.0380. The summed E-state index contributed by atoms with van der Waals surface area (Å²) in [5, 5.41) is 0. The summed E-state index contributed by atoms with van der Waals surface area (Å²) in [6, 6.07) is 5.25. The normalized spacial score (nSPS) is 23.0. The lowest BCUT2D eigenvalue weighted by Crippen LogP contribution is -2.46. The van der Waals surface area contributed by atoms with Gasteiger partial charge in [0.15, 0.2) is 0 Å². The van der Waals surface area contributed by atoms with Crippen LogP contribution in [-0.2, 0) is 4.74 Å². The molecule has 3 nitrogen and oxygen atoms in total. The standard InChI is InChI=1S/C13H18BrFN2O/c1-9(12-3-2-10(14)6-13(12)15)17-4-5-18-11(7-16)8-17/h2-3,6,9,11H,4-5,7-8,16H2,1H3. The van der Waals surface area contributed by atoms with Gasteiger partial charge in [-0.05, 0) is 19.1 Å². The minimum atomic E-state index is -0.173. The molecule has 1 aliphatic rings. The topological polar surface area (TPSA) is 38.5 Å². The van der Waals surface area contributed by atoms with Gasteiger partial charge in [-0.15, -0.1) is 0 Å². The van der Waals surface area contributed by atoms with Crippen molar-refractivity contribution in [1.29, 1.82) is 0 Å². The molecule has 1 heterocycles. The fourth-order valence-electron chi connectivity index (χ4n) is 2.27. The monoisotopic (exact) mass is 316 g/mol. The summed E-state index contributed by atoms with van der Waals surface area (Å²) in [5.41, 5.74) is 6.34. The van der Waals surface area contributed by atoms with Gasteiger partial charge in [-0.25, -0.2) is 4.39 Å². The Balaban J connectivity index is 2.12. The molecule has 0 radical (unpaired) electrons. The van der Waals surface area contributed by atoms with Crippen molar-refractivity contribution in [2.75, 3.05) is 26.2 Å². The molecule has 2 unspecified atom stereocenters. The third kappa shape index (κ3) is 3.09. The average molecular weight is 317 g/mol. The maximum absolute atomic E-state index is 13.9. The average Bonchev–Trinajstić information content (AvgIpc) is 2.38. The zero-order valence-corrected chi connectivity index (χ0v) is 12.0. The first-order valence-corrected chi connectivity index (χ1v) is 6.91. The maximum atomic E-state index is 13.9. The van der Waals surface area contributed by atoms with Crippen molar-refractivity contribution in [3.8, 4) is 0 Å². The number of rotatable bonds is 3. The molecule has 2 rings (SSSR count). The number of benzene rings is 1. The van der Waals surface area contributed by atoms with Gasteiger partial charge in [0.1, 0.15) is 5.82 Å². The first-order valence-electron chi connectivity index (χ1n) is 6.12. The van der Waals surface area contributed by atoms with Crippen LogP contribution in [0.15, 0.2) is 22.7 Å². The Bertz CT molecular complexity index is 416. The summed E-state index contributed by atoms with van der Waals surface area (Å²) in [4.78, 5) is 2.22. The summed E-state index contributed by atoms with van der Waals surface area (Å²) in [6.45, 7) is 4.75. The lowest BCUT2D eigenvalue weighted by atomic mass is 10.1. The predicted octanol–water partition coefficient (Wildman–Crippen LogP) is 2.31. The molecule has 0 bridgehead atoms. The number of hydrogen-bond acceptors (Lipinski definition) is 3. The van der Waals surface area contributed by atoms with Crippen molar-refractivity contribution in [3.05, 3.63) is 34.1 Å². The van der Waals surface area contributed by atoms with E-state index in [0.29, 0.717) is 13.2 Å². The van der Waals surface area contributed by atoms with Crippen LogP contribution in [0.25, 0.3) is 0 Å². The Hall–Kier alpha value is -0.490. The molecule has 18 heavy (non-hydrogen) atoms. The zero-order chi connectivity index (χ0) is 13.1. The Labute approximate surface area is 115 Å². The molecular formula is C13H18BrFN2O. The lowest BCUT2D eigenvalue weighted by Gasteiger charge is -2.36. The van der Waals surface area contributed by atoms with Gasteiger partial charge in [0.2, 0.25) is 0 Å². The fourth-order valence-corrected chi connectivity index (χ4v) is 2.61. The lowest BCUT2D eigenvalue weighted by molar-refractivity contribution is -0.0368. The largest absolute Gasteiger partial charge is 0.374 e. The van der Waals surface area contributed by atoms with Crippen LogP contribution in [0.2, 0.25) is 0 Å². The molecule has 0 spiro atoms. The number of nitrogens with two attached hydrogens (primary N) is 1. The van der Waals surface area contributed by atoms with Gasteiger partial charge in [0, 0.05) is 35.7 Å². The summed E-state index contributed by atoms with van der Waals surface area (Å²) in [5.74, 6) is -0.173. The van der Waals surface area contributed by atoms with E-state index in [2.05, 4.69) is 20.8 Å². The van der Waals surface area contributed by atoms with Crippen LogP contribution in [0, 0.1) is 5.82 Å². The van der Waals surface area contributed by atoms with E-state index in [0.717, 1.165) is 23.1 Å². The fraction of sp³-hybridized carbons (Fsp3) is 0.538. The highest BCUT2D eigenvalue weighted by Gasteiger charge is 2.25. The molecule has 0 aliphatic carbocycles. The molecule has 2 atom stereocenters. The van der Waals surface area contributed by atoms with Crippen LogP contribution in [-0.4, -0.2) is 37.2 Å². The van der Waals surface area contributed by atoms with Crippen molar-refractivity contribution in [3.63, 3.8) is 0 Å². The second-order valence-corrected chi connectivity index (χ2v) is 5.48. The zero-order valence-electron chi connectivity index (χ0n) is 10.4. The van der Waals surface area contributed by atoms with Crippen LogP contribution in [0.3, 0.4) is 0 Å². The summed E-state index contributed by atoms with van der Waals surface area (Å²) >= 11 is 3.27. The van der Waals surface area contributed by atoms with Crippen LogP contribution in [0.1, 0.15) is 18.5 Å². The summed E-state index contributed by atoms with van der Waals surface area (Å²) in [7, 11) is 0. The molecule has 1 aromatic carbocycles. The van der Waals surface area contributed by atoms with Crippen LogP contribution in [0.5, 0.6) is 0 Å². The van der Waals surface area contributed by atoms with Gasteiger partial charge >= 0.3 is 0 Å². The molecule has 1 aliphatic heterocycles. The van der Waals surface area contributed by atoms with Crippen molar-refractivity contribution in [2.45, 2.75) is 19.1 Å². The number of halogens is 2. The third-order valence-electron chi connectivity index (χ3n) is 3.39. The van der Waals surface area contributed by atoms with Crippen molar-refractivity contribution >= 4 is 15.9 Å². The molecule has 0 amide bonds. The molecule has 1 saturated heterocycles. The quantitative estimate of drug-likeness (QED) is 0.930. The highest BCUT2D eigenvalue weighted by molar-refractivity contribution is 9.10. The minimum Gasteiger partial charge on any atom is -0.374 e. The first kappa shape index (κ1) is 13.9. The van der Waals surface area contributed by atoms with E-state index < -0.39 is 0 Å². The first-order chi connectivity index (χ1) is 8.61. The SMILES string of the molecule is CC(c1ccc(Br)cc1F)N1CCOC(CN)C1. The number of hydrogen-bond donors (Lipinski definition) is 1. The van der Waals surface area contributed by atoms with Crippen LogP contribution < -0.4 is 5.73 Å². The smallest absolute Gasteiger partial charge is 0.129 e. The molecule has 5 heteroatoms. The molecule has 0 aromatic heterocycles. The van der Waals surface area contributed by atoms with Gasteiger partial charge in [0.05, 0.1) is 12.7 Å². The van der Waals surface area contributed by atoms with Gasteiger partial charge in [-0.2, -0.15) is 0 Å². The second-order valence-electron chi connectivity index (χ2n) is 4.57. The van der Waals surface area contributed by atoms with Crippen LogP contribution >= 0.6 is 15.9 Å². The van der Waals surface area contributed by atoms with E-state index in [9.17, 15) is 4.39 Å². The van der Waals surface area contributed by atoms with E-state index in [-0.39, 0.29) is 18.0 Å². The Morgan fingerprint density at radius 3 is 3.06 bits per heavy atom. The van der Waals surface area contributed by atoms with Crippen molar-refractivity contribution in [1.82, 2.24) is 4.90 Å². The molecule has 0 saturated carbocycles. The van der Waals surface area contributed by atoms with Gasteiger partial charge < -0.3 is 10.5 Å². The van der Waals surface area contributed by atoms with Crippen molar-refractivity contribution < 1.29 is 9.13 Å². The number of morpholine rings is 1. The third-order valence-corrected chi connectivity index (χ3v) is 3.89. The van der Waals surface area contributed by atoms with Gasteiger partial charge in [-0.1, -0.05) is 22.0 Å². The summed E-state index contributed by atoms with van der Waals surface area (Å²) in [6.07, 6.45) is 0.0553. The van der Waals surface area contributed by atoms with E-state index >= 15 is 0 Å². The molecule has 1 fully saturated rings. The van der Waals surface area contributed by atoms with E-state index in [1.165, 1.54) is 6.07 Å². The highest BCUT2D eigenvalue weighted by atomic mass is 79.9. The molecule has 2 N–H and O–H groups in total. The predicted molar refractivity (Wildman–Crippen MR) is 72.9 cm³/mol. The van der Waals surface area contributed by atoms with Crippen LogP contribution in [0.4, 0.5) is 4.39 Å². The Morgan fingerprint density at radius 2 is 2.39 bits per heavy atom.